The van der Waals surface area contributed by atoms with Gasteiger partial charge in [0.15, 0.2) is 11.6 Å². The number of aromatic nitrogens is 4. The lowest BCUT2D eigenvalue weighted by Crippen LogP contribution is -2.24. The number of hydrogen-bond acceptors (Lipinski definition) is 6. The Labute approximate surface area is 121 Å². The molecule has 0 aliphatic rings. The minimum Gasteiger partial charge on any atom is -0.460 e. The highest BCUT2D eigenvalue weighted by Crippen LogP contribution is 2.24. The van der Waals surface area contributed by atoms with Crippen molar-refractivity contribution in [3.63, 3.8) is 0 Å². The third-order valence-corrected chi connectivity index (χ3v) is 3.25. The summed E-state index contributed by atoms with van der Waals surface area (Å²) in [5.74, 6) is 2.64. The molecule has 1 atom stereocenters. The average Bonchev–Trinajstić information content (AvgIpc) is 3.17. The van der Waals surface area contributed by atoms with Crippen molar-refractivity contribution < 1.29 is 8.94 Å². The summed E-state index contributed by atoms with van der Waals surface area (Å²) in [7, 11) is 1.90. The Hall–Kier alpha value is -2.41. The number of rotatable bonds is 5. The Kier molecular flexibility index (Phi) is 3.57. The molecule has 21 heavy (non-hydrogen) atoms. The van der Waals surface area contributed by atoms with E-state index in [1.54, 1.807) is 0 Å². The quantitative estimate of drug-likeness (QED) is 0.747. The van der Waals surface area contributed by atoms with Crippen LogP contribution in [0.2, 0.25) is 0 Å². The molecule has 0 aliphatic heterocycles. The van der Waals surface area contributed by atoms with Gasteiger partial charge in [-0.25, -0.2) is 0 Å². The van der Waals surface area contributed by atoms with Crippen LogP contribution < -0.4 is 5.32 Å². The Morgan fingerprint density at radius 3 is 2.95 bits per heavy atom. The van der Waals surface area contributed by atoms with Crippen LogP contribution in [-0.2, 0) is 6.42 Å². The molecular weight excluding hydrogens is 270 g/mol. The first-order chi connectivity index (χ1) is 10.2. The second-order valence-corrected chi connectivity index (χ2v) is 4.99. The predicted molar refractivity (Wildman–Crippen MR) is 76.5 cm³/mol. The molecular formula is C14H17N5O2. The SMILES string of the molecule is CNC(C)Cc1noc(-c2cc(-c3ccc(C)o3)n[nH]2)n1. The number of furan rings is 1. The second kappa shape index (κ2) is 5.53. The van der Waals surface area contributed by atoms with Gasteiger partial charge in [-0.2, -0.15) is 10.1 Å². The number of likely N-dealkylation sites (N-methyl/N-ethyl adjacent to an activating group) is 1. The number of aromatic amines is 1. The van der Waals surface area contributed by atoms with E-state index in [9.17, 15) is 0 Å². The maximum absolute atomic E-state index is 5.53. The Morgan fingerprint density at radius 1 is 1.38 bits per heavy atom. The molecule has 0 saturated heterocycles. The summed E-state index contributed by atoms with van der Waals surface area (Å²) in [4.78, 5) is 4.36. The smallest absolute Gasteiger partial charge is 0.275 e. The van der Waals surface area contributed by atoms with Gasteiger partial charge in [-0.05, 0) is 33.0 Å². The van der Waals surface area contributed by atoms with E-state index in [0.717, 1.165) is 5.76 Å². The maximum atomic E-state index is 5.53. The predicted octanol–water partition coefficient (Wildman–Crippen LogP) is 2.18. The number of nitrogens with one attached hydrogen (secondary N) is 2. The van der Waals surface area contributed by atoms with E-state index < -0.39 is 0 Å². The molecule has 0 amide bonds. The molecule has 0 fully saturated rings. The molecule has 0 radical (unpaired) electrons. The first kappa shape index (κ1) is 13.6. The highest BCUT2D eigenvalue weighted by molar-refractivity contribution is 5.60. The number of hydrogen-bond donors (Lipinski definition) is 2. The molecule has 0 aliphatic carbocycles. The first-order valence-electron chi connectivity index (χ1n) is 6.78. The van der Waals surface area contributed by atoms with E-state index in [4.69, 9.17) is 8.94 Å². The van der Waals surface area contributed by atoms with Gasteiger partial charge < -0.3 is 14.3 Å². The maximum Gasteiger partial charge on any atom is 0.275 e. The zero-order valence-corrected chi connectivity index (χ0v) is 12.2. The molecule has 1 unspecified atom stereocenters. The molecule has 110 valence electrons. The molecule has 2 N–H and O–H groups in total. The molecule has 3 heterocycles. The number of H-pyrrole nitrogens is 1. The lowest BCUT2D eigenvalue weighted by Gasteiger charge is -2.04. The van der Waals surface area contributed by atoms with Gasteiger partial charge in [0.25, 0.3) is 5.89 Å². The second-order valence-electron chi connectivity index (χ2n) is 4.99. The molecule has 0 aromatic carbocycles. The Morgan fingerprint density at radius 2 is 2.24 bits per heavy atom. The normalized spacial score (nSPS) is 12.7. The zero-order chi connectivity index (χ0) is 14.8. The van der Waals surface area contributed by atoms with E-state index >= 15 is 0 Å². The van der Waals surface area contributed by atoms with Crippen molar-refractivity contribution >= 4 is 0 Å². The molecule has 3 aromatic rings. The summed E-state index contributed by atoms with van der Waals surface area (Å²) in [6.45, 7) is 3.95. The van der Waals surface area contributed by atoms with Crippen molar-refractivity contribution in [1.29, 1.82) is 0 Å². The molecule has 7 nitrogen and oxygen atoms in total. The summed E-state index contributed by atoms with van der Waals surface area (Å²) >= 11 is 0. The summed E-state index contributed by atoms with van der Waals surface area (Å²) in [6.07, 6.45) is 0.707. The largest absolute Gasteiger partial charge is 0.460 e. The fourth-order valence-corrected chi connectivity index (χ4v) is 1.95. The van der Waals surface area contributed by atoms with E-state index in [0.29, 0.717) is 41.3 Å². The van der Waals surface area contributed by atoms with Gasteiger partial charge in [0.05, 0.1) is 0 Å². The highest BCUT2D eigenvalue weighted by atomic mass is 16.5. The van der Waals surface area contributed by atoms with E-state index in [2.05, 4.69) is 32.6 Å². The first-order valence-corrected chi connectivity index (χ1v) is 6.78. The van der Waals surface area contributed by atoms with Gasteiger partial charge in [-0.15, -0.1) is 0 Å². The standard InChI is InChI=1S/C14H17N5O2/c1-8(15-3)6-13-16-14(21-19-13)11-7-10(17-18-11)12-5-4-9(2)20-12/h4-5,7-8,15H,6H2,1-3H3,(H,17,18). The summed E-state index contributed by atoms with van der Waals surface area (Å²) < 4.78 is 10.8. The van der Waals surface area contributed by atoms with Crippen LogP contribution in [0.25, 0.3) is 23.0 Å². The van der Waals surface area contributed by atoms with Crippen LogP contribution in [0.4, 0.5) is 0 Å². The molecule has 7 heteroatoms. The Bertz CT molecular complexity index is 727. The van der Waals surface area contributed by atoms with E-state index in [1.165, 1.54) is 0 Å². The van der Waals surface area contributed by atoms with Crippen LogP contribution in [-0.4, -0.2) is 33.4 Å². The summed E-state index contributed by atoms with van der Waals surface area (Å²) in [5.41, 5.74) is 1.39. The van der Waals surface area contributed by atoms with Crippen LogP contribution in [0, 0.1) is 6.92 Å². The molecule has 0 bridgehead atoms. The van der Waals surface area contributed by atoms with Gasteiger partial charge in [-0.1, -0.05) is 5.16 Å². The van der Waals surface area contributed by atoms with Crippen LogP contribution in [0.3, 0.4) is 0 Å². The van der Waals surface area contributed by atoms with Gasteiger partial charge >= 0.3 is 0 Å². The zero-order valence-electron chi connectivity index (χ0n) is 12.2. The minimum atomic E-state index is 0.291. The van der Waals surface area contributed by atoms with Crippen LogP contribution >= 0.6 is 0 Å². The van der Waals surface area contributed by atoms with Gasteiger partial charge in [-0.3, -0.25) is 5.10 Å². The van der Waals surface area contributed by atoms with Crippen molar-refractivity contribution in [1.82, 2.24) is 25.7 Å². The van der Waals surface area contributed by atoms with Crippen molar-refractivity contribution in [2.24, 2.45) is 0 Å². The topological polar surface area (TPSA) is 92.8 Å². The molecule has 0 spiro atoms. The third-order valence-electron chi connectivity index (χ3n) is 3.25. The summed E-state index contributed by atoms with van der Waals surface area (Å²) in [6, 6.07) is 5.90. The van der Waals surface area contributed by atoms with Crippen LogP contribution in [0.5, 0.6) is 0 Å². The summed E-state index contributed by atoms with van der Waals surface area (Å²) in [5, 5.41) is 14.2. The van der Waals surface area contributed by atoms with Crippen molar-refractivity contribution in [2.45, 2.75) is 26.3 Å². The fraction of sp³-hybridized carbons (Fsp3) is 0.357. The highest BCUT2D eigenvalue weighted by Gasteiger charge is 2.15. The van der Waals surface area contributed by atoms with Gasteiger partial charge in [0, 0.05) is 18.5 Å². The lowest BCUT2D eigenvalue weighted by molar-refractivity contribution is 0.417. The van der Waals surface area contributed by atoms with Crippen LogP contribution in [0.1, 0.15) is 18.5 Å². The average molecular weight is 287 g/mol. The third kappa shape index (κ3) is 2.87. The van der Waals surface area contributed by atoms with Crippen molar-refractivity contribution in [3.8, 4) is 23.0 Å². The fourth-order valence-electron chi connectivity index (χ4n) is 1.95. The molecule has 3 rings (SSSR count). The number of aryl methyl sites for hydroxylation is 1. The van der Waals surface area contributed by atoms with Gasteiger partial charge in [0.2, 0.25) is 0 Å². The van der Waals surface area contributed by atoms with Gasteiger partial charge in [0.1, 0.15) is 17.1 Å². The number of nitrogens with zero attached hydrogens (tertiary/aromatic N) is 3. The van der Waals surface area contributed by atoms with E-state index in [1.807, 2.05) is 32.2 Å². The monoisotopic (exact) mass is 287 g/mol. The molecule has 0 saturated carbocycles. The minimum absolute atomic E-state index is 0.291. The van der Waals surface area contributed by atoms with Crippen molar-refractivity contribution in [3.05, 3.63) is 29.8 Å². The van der Waals surface area contributed by atoms with E-state index in [-0.39, 0.29) is 0 Å². The molecule has 3 aromatic heterocycles. The van der Waals surface area contributed by atoms with Crippen LogP contribution in [0.15, 0.2) is 27.1 Å². The van der Waals surface area contributed by atoms with Crippen molar-refractivity contribution in [2.75, 3.05) is 7.05 Å². The lowest BCUT2D eigenvalue weighted by atomic mass is 10.2. The Balaban J connectivity index is 1.80.